The van der Waals surface area contributed by atoms with E-state index in [0.29, 0.717) is 23.3 Å². The molecule has 0 aliphatic rings. The number of aromatic nitrogens is 4. The largest absolute Gasteiger partial charge is 0.497 e. The van der Waals surface area contributed by atoms with Crippen LogP contribution in [0.2, 0.25) is 5.02 Å². The topological polar surface area (TPSA) is 74.1 Å². The summed E-state index contributed by atoms with van der Waals surface area (Å²) in [5.41, 5.74) is 1.03. The molecule has 0 radical (unpaired) electrons. The van der Waals surface area contributed by atoms with Crippen molar-refractivity contribution in [1.29, 1.82) is 0 Å². The number of ether oxygens (including phenoxy) is 2. The lowest BCUT2D eigenvalue weighted by atomic mass is 10.1. The molecule has 5 aromatic rings. The second-order valence-electron chi connectivity index (χ2n) is 8.44. The molecule has 7 nitrogen and oxygen atoms in total. The molecule has 0 saturated carbocycles. The van der Waals surface area contributed by atoms with Crippen molar-refractivity contribution < 1.29 is 27.0 Å². The van der Waals surface area contributed by atoms with E-state index in [1.165, 1.54) is 25.3 Å². The Balaban J connectivity index is 1.61. The van der Waals surface area contributed by atoms with Crippen molar-refractivity contribution in [2.45, 2.75) is 12.7 Å². The molecule has 0 amide bonds. The van der Waals surface area contributed by atoms with Crippen LogP contribution in [0, 0.1) is 5.82 Å². The Morgan fingerprint density at radius 2 is 1.74 bits per heavy atom. The lowest BCUT2D eigenvalue weighted by Crippen LogP contribution is -2.06. The molecule has 2 heterocycles. The normalized spacial score (nSPS) is 11.6. The van der Waals surface area contributed by atoms with E-state index in [-0.39, 0.29) is 33.7 Å². The molecule has 0 aliphatic heterocycles. The standard InChI is InChI=1S/C27H20ClF4N5O2/c1-38-17-9-6-15(7-10-17)13-37-14-21-24(36-37)25(23-19(29)4-3-5-22(23)39-2)35-26(34-21)33-20-11-8-16(12-18(20)28)27(30,31)32/h3-12,14H,13H2,1-2H3,(H,33,34). The summed E-state index contributed by atoms with van der Waals surface area (Å²) < 4.78 is 66.6. The van der Waals surface area contributed by atoms with Gasteiger partial charge < -0.3 is 14.8 Å². The van der Waals surface area contributed by atoms with Crippen LogP contribution < -0.4 is 14.8 Å². The van der Waals surface area contributed by atoms with Gasteiger partial charge in [-0.15, -0.1) is 0 Å². The second-order valence-corrected chi connectivity index (χ2v) is 8.85. The van der Waals surface area contributed by atoms with E-state index in [2.05, 4.69) is 20.4 Å². The molecular weight excluding hydrogens is 538 g/mol. The fourth-order valence-corrected chi connectivity index (χ4v) is 4.23. The molecule has 0 bridgehead atoms. The molecular formula is C27H20ClF4N5O2. The summed E-state index contributed by atoms with van der Waals surface area (Å²) in [4.78, 5) is 8.95. The minimum absolute atomic E-state index is 0.0199. The number of fused-ring (bicyclic) bond motifs is 1. The summed E-state index contributed by atoms with van der Waals surface area (Å²) in [6.07, 6.45) is -2.89. The van der Waals surface area contributed by atoms with Gasteiger partial charge in [-0.05, 0) is 48.0 Å². The fraction of sp³-hybridized carbons (Fsp3) is 0.148. The number of benzene rings is 3. The monoisotopic (exact) mass is 557 g/mol. The fourth-order valence-electron chi connectivity index (χ4n) is 4.01. The second kappa shape index (κ2) is 10.4. The zero-order chi connectivity index (χ0) is 27.7. The quantitative estimate of drug-likeness (QED) is 0.215. The Hall–Kier alpha value is -4.38. The predicted molar refractivity (Wildman–Crippen MR) is 139 cm³/mol. The number of nitrogens with one attached hydrogen (secondary N) is 1. The number of methoxy groups -OCH3 is 2. The zero-order valence-corrected chi connectivity index (χ0v) is 21.3. The van der Waals surface area contributed by atoms with Gasteiger partial charge in [0.15, 0.2) is 0 Å². The minimum Gasteiger partial charge on any atom is -0.497 e. The Kier molecular flexibility index (Phi) is 7.00. The molecule has 1 N–H and O–H groups in total. The van der Waals surface area contributed by atoms with Crippen molar-refractivity contribution in [2.75, 3.05) is 19.5 Å². The van der Waals surface area contributed by atoms with Crippen molar-refractivity contribution in [3.8, 4) is 22.8 Å². The number of alkyl halides is 3. The van der Waals surface area contributed by atoms with Gasteiger partial charge in [0.1, 0.15) is 34.0 Å². The molecule has 0 unspecified atom stereocenters. The third-order valence-corrected chi connectivity index (χ3v) is 6.20. The van der Waals surface area contributed by atoms with E-state index in [4.69, 9.17) is 21.1 Å². The third kappa shape index (κ3) is 5.44. The molecule has 5 rings (SSSR count). The Morgan fingerprint density at radius 1 is 0.974 bits per heavy atom. The third-order valence-electron chi connectivity index (χ3n) is 5.89. The van der Waals surface area contributed by atoms with Gasteiger partial charge in [0, 0.05) is 0 Å². The first kappa shape index (κ1) is 26.2. The van der Waals surface area contributed by atoms with E-state index in [9.17, 15) is 13.2 Å². The van der Waals surface area contributed by atoms with Crippen molar-refractivity contribution in [1.82, 2.24) is 19.7 Å². The lowest BCUT2D eigenvalue weighted by Gasteiger charge is -2.13. The molecule has 3 aromatic carbocycles. The van der Waals surface area contributed by atoms with E-state index in [1.807, 2.05) is 24.3 Å². The van der Waals surface area contributed by atoms with Gasteiger partial charge in [-0.3, -0.25) is 4.68 Å². The highest BCUT2D eigenvalue weighted by Crippen LogP contribution is 2.37. The predicted octanol–water partition coefficient (Wildman–Crippen LogP) is 7.11. The molecule has 0 spiro atoms. The van der Waals surface area contributed by atoms with Crippen LogP contribution >= 0.6 is 11.6 Å². The zero-order valence-electron chi connectivity index (χ0n) is 20.6. The van der Waals surface area contributed by atoms with Gasteiger partial charge in [-0.2, -0.15) is 18.3 Å². The van der Waals surface area contributed by atoms with Crippen LogP contribution in [-0.4, -0.2) is 34.0 Å². The van der Waals surface area contributed by atoms with Crippen LogP contribution in [0.4, 0.5) is 29.2 Å². The van der Waals surface area contributed by atoms with Crippen LogP contribution in [0.5, 0.6) is 11.5 Å². The number of hydrogen-bond donors (Lipinski definition) is 1. The van der Waals surface area contributed by atoms with Crippen molar-refractivity contribution in [3.63, 3.8) is 0 Å². The van der Waals surface area contributed by atoms with E-state index >= 15 is 4.39 Å². The summed E-state index contributed by atoms with van der Waals surface area (Å²) >= 11 is 6.13. The maximum atomic E-state index is 15.1. The first-order valence-electron chi connectivity index (χ1n) is 11.5. The lowest BCUT2D eigenvalue weighted by molar-refractivity contribution is -0.137. The first-order valence-corrected chi connectivity index (χ1v) is 11.9. The summed E-state index contributed by atoms with van der Waals surface area (Å²) in [5, 5.41) is 7.27. The molecule has 0 saturated heterocycles. The minimum atomic E-state index is -4.55. The van der Waals surface area contributed by atoms with Gasteiger partial charge >= 0.3 is 6.18 Å². The van der Waals surface area contributed by atoms with Gasteiger partial charge in [0.05, 0.1) is 48.8 Å². The van der Waals surface area contributed by atoms with Crippen LogP contribution in [0.1, 0.15) is 11.1 Å². The number of nitrogens with zero attached hydrogens (tertiary/aromatic N) is 4. The smallest absolute Gasteiger partial charge is 0.416 e. The first-order chi connectivity index (χ1) is 18.7. The van der Waals surface area contributed by atoms with Gasteiger partial charge in [0.2, 0.25) is 5.95 Å². The highest BCUT2D eigenvalue weighted by Gasteiger charge is 2.31. The summed E-state index contributed by atoms with van der Waals surface area (Å²) in [6.45, 7) is 0.377. The van der Waals surface area contributed by atoms with Crippen LogP contribution in [-0.2, 0) is 12.7 Å². The molecule has 12 heteroatoms. The van der Waals surface area contributed by atoms with Crippen LogP contribution in [0.15, 0.2) is 66.9 Å². The number of hydrogen-bond acceptors (Lipinski definition) is 6. The highest BCUT2D eigenvalue weighted by atomic mass is 35.5. The van der Waals surface area contributed by atoms with Crippen molar-refractivity contribution >= 4 is 34.3 Å². The maximum Gasteiger partial charge on any atom is 0.416 e. The molecule has 2 aromatic heterocycles. The molecule has 0 atom stereocenters. The summed E-state index contributed by atoms with van der Waals surface area (Å²) in [5.74, 6) is 0.311. The molecule has 200 valence electrons. The molecule has 0 fully saturated rings. The Morgan fingerprint density at radius 3 is 2.41 bits per heavy atom. The van der Waals surface area contributed by atoms with Gasteiger partial charge in [-0.1, -0.05) is 29.8 Å². The van der Waals surface area contributed by atoms with E-state index < -0.39 is 17.6 Å². The Labute approximate surface area is 225 Å². The molecule has 0 aliphatic carbocycles. The number of anilines is 2. The average molecular weight is 558 g/mol. The van der Waals surface area contributed by atoms with Gasteiger partial charge in [-0.25, -0.2) is 14.4 Å². The SMILES string of the molecule is COc1ccc(Cn2cc3nc(Nc4ccc(C(F)(F)F)cc4Cl)nc(-c4c(F)cccc4OC)c3n2)cc1. The average Bonchev–Trinajstić information content (AvgIpc) is 3.31. The maximum absolute atomic E-state index is 15.1. The summed E-state index contributed by atoms with van der Waals surface area (Å²) in [7, 11) is 2.98. The number of halogens is 5. The van der Waals surface area contributed by atoms with Crippen LogP contribution in [0.3, 0.4) is 0 Å². The van der Waals surface area contributed by atoms with E-state index in [1.54, 1.807) is 24.1 Å². The van der Waals surface area contributed by atoms with Crippen molar-refractivity contribution in [2.24, 2.45) is 0 Å². The Bertz CT molecular complexity index is 1660. The molecule has 39 heavy (non-hydrogen) atoms. The van der Waals surface area contributed by atoms with Crippen molar-refractivity contribution in [3.05, 3.63) is 88.8 Å². The van der Waals surface area contributed by atoms with Gasteiger partial charge in [0.25, 0.3) is 0 Å². The highest BCUT2D eigenvalue weighted by molar-refractivity contribution is 6.33. The van der Waals surface area contributed by atoms with Crippen LogP contribution in [0.25, 0.3) is 22.3 Å². The number of rotatable bonds is 7. The summed E-state index contributed by atoms with van der Waals surface area (Å²) in [6, 6.07) is 14.6. The van der Waals surface area contributed by atoms with E-state index in [0.717, 1.165) is 17.7 Å².